The molecule has 0 radical (unpaired) electrons. The Bertz CT molecular complexity index is 676. The Balaban J connectivity index is 2.77. The summed E-state index contributed by atoms with van der Waals surface area (Å²) < 4.78 is 13.0. The third-order valence-electron chi connectivity index (χ3n) is 2.37. The van der Waals surface area contributed by atoms with Crippen LogP contribution in [0.1, 0.15) is 10.4 Å². The number of aromatic carboxylic acids is 1. The summed E-state index contributed by atoms with van der Waals surface area (Å²) in [7, 11) is 0. The fraction of sp³-hybridized carbons (Fsp3) is 0. The molecule has 1 aromatic heterocycles. The summed E-state index contributed by atoms with van der Waals surface area (Å²) in [5, 5.41) is 9.03. The quantitative estimate of drug-likeness (QED) is 0.826. The molecule has 0 spiro atoms. The number of carboxylic acid groups (broad SMARTS) is 1. The molecule has 0 atom stereocenters. The van der Waals surface area contributed by atoms with Crippen LogP contribution in [0, 0.1) is 5.82 Å². The van der Waals surface area contributed by atoms with Crippen molar-refractivity contribution in [2.45, 2.75) is 0 Å². The molecule has 19 heavy (non-hydrogen) atoms. The minimum absolute atomic E-state index is 0.0357. The van der Waals surface area contributed by atoms with Crippen LogP contribution in [-0.4, -0.2) is 16.1 Å². The molecule has 0 aliphatic rings. The standard InChI is InChI=1S/C12H5Cl3FNO2/c13-8-3-5(16)1-2-6(8)10-7(12(18)19)4-9(14)17-11(10)15/h1-4H,(H,18,19). The number of halogens is 4. The second-order valence-electron chi connectivity index (χ2n) is 3.59. The number of carboxylic acids is 1. The van der Waals surface area contributed by atoms with Crippen LogP contribution in [0.4, 0.5) is 4.39 Å². The first kappa shape index (κ1) is 14.1. The molecule has 0 aliphatic heterocycles. The average Bonchev–Trinajstić information content (AvgIpc) is 2.29. The Morgan fingerprint density at radius 2 is 1.89 bits per heavy atom. The van der Waals surface area contributed by atoms with Crippen molar-refractivity contribution in [2.24, 2.45) is 0 Å². The number of pyridine rings is 1. The highest BCUT2D eigenvalue weighted by molar-refractivity contribution is 6.37. The van der Waals surface area contributed by atoms with Crippen LogP contribution in [-0.2, 0) is 0 Å². The zero-order valence-electron chi connectivity index (χ0n) is 9.12. The monoisotopic (exact) mass is 319 g/mol. The molecular formula is C12H5Cl3FNO2. The molecule has 7 heteroatoms. The van der Waals surface area contributed by atoms with Crippen LogP contribution in [0.3, 0.4) is 0 Å². The molecule has 0 saturated carbocycles. The van der Waals surface area contributed by atoms with Crippen molar-refractivity contribution >= 4 is 40.8 Å². The molecule has 0 unspecified atom stereocenters. The van der Waals surface area contributed by atoms with Gasteiger partial charge in [-0.3, -0.25) is 0 Å². The Hall–Kier alpha value is -1.36. The number of benzene rings is 1. The van der Waals surface area contributed by atoms with Crippen molar-refractivity contribution < 1.29 is 14.3 Å². The topological polar surface area (TPSA) is 50.2 Å². The predicted octanol–water partition coefficient (Wildman–Crippen LogP) is 4.55. The first-order valence-electron chi connectivity index (χ1n) is 4.95. The highest BCUT2D eigenvalue weighted by atomic mass is 35.5. The SMILES string of the molecule is O=C(O)c1cc(Cl)nc(Cl)c1-c1ccc(F)cc1Cl. The van der Waals surface area contributed by atoms with Crippen molar-refractivity contribution in [3.05, 3.63) is 51.0 Å². The predicted molar refractivity (Wildman–Crippen MR) is 71.6 cm³/mol. The normalized spacial score (nSPS) is 10.5. The Labute approximate surface area is 122 Å². The summed E-state index contributed by atoms with van der Waals surface area (Å²) in [6.07, 6.45) is 0. The molecule has 0 saturated heterocycles. The first-order valence-corrected chi connectivity index (χ1v) is 6.08. The smallest absolute Gasteiger partial charge is 0.336 e. The second kappa shape index (κ2) is 5.33. The molecule has 0 bridgehead atoms. The van der Waals surface area contributed by atoms with Crippen molar-refractivity contribution in [3.63, 3.8) is 0 Å². The summed E-state index contributed by atoms with van der Waals surface area (Å²) in [6, 6.07) is 4.71. The third-order valence-corrected chi connectivity index (χ3v) is 3.15. The Morgan fingerprint density at radius 3 is 2.47 bits per heavy atom. The van der Waals surface area contributed by atoms with Gasteiger partial charge < -0.3 is 5.11 Å². The maximum Gasteiger partial charge on any atom is 0.336 e. The maximum absolute atomic E-state index is 13.0. The summed E-state index contributed by atoms with van der Waals surface area (Å²) in [6.45, 7) is 0. The molecule has 3 nitrogen and oxygen atoms in total. The zero-order valence-corrected chi connectivity index (χ0v) is 11.4. The number of carbonyl (C=O) groups is 1. The summed E-state index contributed by atoms with van der Waals surface area (Å²) in [5.74, 6) is -1.77. The summed E-state index contributed by atoms with van der Waals surface area (Å²) in [4.78, 5) is 15.0. The molecule has 1 heterocycles. The van der Waals surface area contributed by atoms with Gasteiger partial charge >= 0.3 is 5.97 Å². The van der Waals surface area contributed by atoms with E-state index in [4.69, 9.17) is 39.9 Å². The van der Waals surface area contributed by atoms with Gasteiger partial charge in [0, 0.05) is 11.1 Å². The van der Waals surface area contributed by atoms with Crippen LogP contribution >= 0.6 is 34.8 Å². The molecule has 98 valence electrons. The van der Waals surface area contributed by atoms with Gasteiger partial charge in [0.1, 0.15) is 16.1 Å². The van der Waals surface area contributed by atoms with Gasteiger partial charge in [0.15, 0.2) is 0 Å². The van der Waals surface area contributed by atoms with E-state index in [1.54, 1.807) is 0 Å². The minimum Gasteiger partial charge on any atom is -0.478 e. The van der Waals surface area contributed by atoms with Crippen molar-refractivity contribution in [1.29, 1.82) is 0 Å². The van der Waals surface area contributed by atoms with E-state index >= 15 is 0 Å². The van der Waals surface area contributed by atoms with E-state index in [0.717, 1.165) is 18.2 Å². The lowest BCUT2D eigenvalue weighted by Gasteiger charge is -2.10. The number of hydrogen-bond acceptors (Lipinski definition) is 2. The number of nitrogens with zero attached hydrogens (tertiary/aromatic N) is 1. The van der Waals surface area contributed by atoms with Gasteiger partial charge in [0.2, 0.25) is 0 Å². The minimum atomic E-state index is -1.23. The first-order chi connectivity index (χ1) is 8.90. The molecule has 0 amide bonds. The van der Waals surface area contributed by atoms with E-state index in [1.807, 2.05) is 0 Å². The van der Waals surface area contributed by atoms with Crippen molar-refractivity contribution in [2.75, 3.05) is 0 Å². The van der Waals surface area contributed by atoms with Crippen molar-refractivity contribution in [1.82, 2.24) is 4.98 Å². The third kappa shape index (κ3) is 2.81. The summed E-state index contributed by atoms with van der Waals surface area (Å²) >= 11 is 17.5. The van der Waals surface area contributed by atoms with Gasteiger partial charge in [-0.05, 0) is 24.3 Å². The number of rotatable bonds is 2. The molecule has 0 fully saturated rings. The van der Waals surface area contributed by atoms with Gasteiger partial charge in [-0.25, -0.2) is 14.2 Å². The number of hydrogen-bond donors (Lipinski definition) is 1. The van der Waals surface area contributed by atoms with E-state index in [-0.39, 0.29) is 32.0 Å². The second-order valence-corrected chi connectivity index (χ2v) is 4.74. The van der Waals surface area contributed by atoms with Gasteiger partial charge in [0.05, 0.1) is 10.6 Å². The molecule has 2 rings (SSSR count). The highest BCUT2D eigenvalue weighted by Crippen LogP contribution is 2.36. The van der Waals surface area contributed by atoms with Crippen LogP contribution in [0.15, 0.2) is 24.3 Å². The molecule has 0 aliphatic carbocycles. The van der Waals surface area contributed by atoms with Crippen LogP contribution in [0.5, 0.6) is 0 Å². The molecule has 1 N–H and O–H groups in total. The van der Waals surface area contributed by atoms with E-state index in [2.05, 4.69) is 4.98 Å². The Morgan fingerprint density at radius 1 is 1.21 bits per heavy atom. The van der Waals surface area contributed by atoms with Gasteiger partial charge in [-0.2, -0.15) is 0 Å². The lowest BCUT2D eigenvalue weighted by atomic mass is 10.0. The van der Waals surface area contributed by atoms with Crippen LogP contribution < -0.4 is 0 Å². The largest absolute Gasteiger partial charge is 0.478 e. The lowest BCUT2D eigenvalue weighted by Crippen LogP contribution is -2.02. The van der Waals surface area contributed by atoms with E-state index in [9.17, 15) is 9.18 Å². The fourth-order valence-electron chi connectivity index (χ4n) is 1.60. The van der Waals surface area contributed by atoms with Gasteiger partial charge in [-0.1, -0.05) is 34.8 Å². The van der Waals surface area contributed by atoms with Crippen LogP contribution in [0.2, 0.25) is 15.3 Å². The highest BCUT2D eigenvalue weighted by Gasteiger charge is 2.20. The lowest BCUT2D eigenvalue weighted by molar-refractivity contribution is 0.0697. The van der Waals surface area contributed by atoms with Crippen molar-refractivity contribution in [3.8, 4) is 11.1 Å². The van der Waals surface area contributed by atoms with E-state index in [1.165, 1.54) is 6.07 Å². The average molecular weight is 321 g/mol. The zero-order chi connectivity index (χ0) is 14.2. The molecule has 2 aromatic rings. The summed E-state index contributed by atoms with van der Waals surface area (Å²) in [5.41, 5.74) is 0.219. The van der Waals surface area contributed by atoms with E-state index in [0.29, 0.717) is 0 Å². The maximum atomic E-state index is 13.0. The fourth-order valence-corrected chi connectivity index (χ4v) is 2.39. The van der Waals surface area contributed by atoms with Crippen LogP contribution in [0.25, 0.3) is 11.1 Å². The molecular weight excluding hydrogens is 315 g/mol. The molecule has 1 aromatic carbocycles. The van der Waals surface area contributed by atoms with Gasteiger partial charge in [0.25, 0.3) is 0 Å². The number of aromatic nitrogens is 1. The van der Waals surface area contributed by atoms with Gasteiger partial charge in [-0.15, -0.1) is 0 Å². The van der Waals surface area contributed by atoms with E-state index < -0.39 is 11.8 Å². The Kier molecular flexibility index (Phi) is 3.94.